The van der Waals surface area contributed by atoms with Gasteiger partial charge in [0.2, 0.25) is 0 Å². The molecular weight excluding hydrogens is 143 g/mol. The standard InChI is InChI=1S/C5H11FN2.ClH/c1-8-2-4(6)5(7)3-8;/h4-5H,2-3,7H2,1H3;1H/t4-,5+;/m1./s1. The molecule has 0 saturated carbocycles. The van der Waals surface area contributed by atoms with Crippen molar-refractivity contribution in [3.63, 3.8) is 0 Å². The fourth-order valence-electron chi connectivity index (χ4n) is 0.982. The van der Waals surface area contributed by atoms with E-state index in [0.29, 0.717) is 13.1 Å². The lowest BCUT2D eigenvalue weighted by Gasteiger charge is -2.02. The average Bonchev–Trinajstić information content (AvgIpc) is 1.85. The van der Waals surface area contributed by atoms with E-state index in [2.05, 4.69) is 0 Å². The number of likely N-dealkylation sites (tertiary alicyclic amines) is 1. The van der Waals surface area contributed by atoms with Crippen LogP contribution >= 0.6 is 12.4 Å². The summed E-state index contributed by atoms with van der Waals surface area (Å²) in [5, 5.41) is 0. The highest BCUT2D eigenvalue weighted by molar-refractivity contribution is 5.85. The Morgan fingerprint density at radius 3 is 2.22 bits per heavy atom. The predicted molar refractivity (Wildman–Crippen MR) is 37.6 cm³/mol. The maximum absolute atomic E-state index is 12.4. The molecule has 0 aromatic carbocycles. The van der Waals surface area contributed by atoms with Gasteiger partial charge in [-0.25, -0.2) is 4.39 Å². The summed E-state index contributed by atoms with van der Waals surface area (Å²) in [5.74, 6) is 0. The lowest BCUT2D eigenvalue weighted by atomic mass is 10.3. The Balaban J connectivity index is 0.000000640. The van der Waals surface area contributed by atoms with Gasteiger partial charge in [-0.2, -0.15) is 0 Å². The minimum absolute atomic E-state index is 0. The molecule has 0 aromatic rings. The average molecular weight is 155 g/mol. The Hall–Kier alpha value is 0.140. The van der Waals surface area contributed by atoms with Crippen LogP contribution in [0.2, 0.25) is 0 Å². The number of nitrogens with zero attached hydrogens (tertiary/aromatic N) is 1. The van der Waals surface area contributed by atoms with Gasteiger partial charge < -0.3 is 10.6 Å². The van der Waals surface area contributed by atoms with Gasteiger partial charge in [-0.3, -0.25) is 0 Å². The third-order valence-electron chi connectivity index (χ3n) is 1.47. The molecule has 1 rings (SSSR count). The van der Waals surface area contributed by atoms with Crippen molar-refractivity contribution in [3.8, 4) is 0 Å². The van der Waals surface area contributed by atoms with Crippen molar-refractivity contribution in [2.45, 2.75) is 12.2 Å². The number of likely N-dealkylation sites (N-methyl/N-ethyl adjacent to an activating group) is 1. The SMILES string of the molecule is CN1C[C@@H](F)[C@@H](N)C1.Cl. The van der Waals surface area contributed by atoms with Gasteiger partial charge in [0.05, 0.1) is 0 Å². The van der Waals surface area contributed by atoms with Crippen molar-refractivity contribution < 1.29 is 4.39 Å². The lowest BCUT2D eigenvalue weighted by molar-refractivity contribution is 0.309. The molecule has 1 saturated heterocycles. The van der Waals surface area contributed by atoms with E-state index < -0.39 is 6.17 Å². The van der Waals surface area contributed by atoms with E-state index in [1.165, 1.54) is 0 Å². The van der Waals surface area contributed by atoms with E-state index in [1.807, 2.05) is 11.9 Å². The first-order valence-corrected chi connectivity index (χ1v) is 2.78. The number of hydrogen-bond acceptors (Lipinski definition) is 2. The zero-order valence-corrected chi connectivity index (χ0v) is 6.20. The van der Waals surface area contributed by atoms with Gasteiger partial charge in [0, 0.05) is 19.1 Å². The molecule has 0 amide bonds. The van der Waals surface area contributed by atoms with Crippen LogP contribution < -0.4 is 5.73 Å². The largest absolute Gasteiger partial charge is 0.324 e. The third-order valence-corrected chi connectivity index (χ3v) is 1.47. The number of rotatable bonds is 0. The summed E-state index contributed by atoms with van der Waals surface area (Å²) in [5.41, 5.74) is 5.35. The second-order valence-electron chi connectivity index (χ2n) is 2.40. The van der Waals surface area contributed by atoms with Gasteiger partial charge in [0.15, 0.2) is 0 Å². The first kappa shape index (κ1) is 9.14. The molecule has 1 heterocycles. The molecule has 1 fully saturated rings. The monoisotopic (exact) mass is 154 g/mol. The number of nitrogens with two attached hydrogens (primary N) is 1. The highest BCUT2D eigenvalue weighted by atomic mass is 35.5. The van der Waals surface area contributed by atoms with Crippen molar-refractivity contribution in [1.82, 2.24) is 4.90 Å². The molecule has 2 atom stereocenters. The smallest absolute Gasteiger partial charge is 0.129 e. The molecule has 2 N–H and O–H groups in total. The summed E-state index contributed by atoms with van der Waals surface area (Å²) >= 11 is 0. The molecule has 9 heavy (non-hydrogen) atoms. The van der Waals surface area contributed by atoms with Crippen LogP contribution in [0.25, 0.3) is 0 Å². The molecule has 0 aromatic heterocycles. The maximum Gasteiger partial charge on any atom is 0.129 e. The zero-order valence-electron chi connectivity index (χ0n) is 5.38. The minimum Gasteiger partial charge on any atom is -0.324 e. The summed E-state index contributed by atoms with van der Waals surface area (Å²) in [4.78, 5) is 1.90. The second kappa shape index (κ2) is 3.34. The second-order valence-corrected chi connectivity index (χ2v) is 2.40. The Labute approximate surface area is 60.6 Å². The van der Waals surface area contributed by atoms with Crippen LogP contribution in [0.4, 0.5) is 4.39 Å². The van der Waals surface area contributed by atoms with Crippen LogP contribution in [0.1, 0.15) is 0 Å². The molecule has 0 radical (unpaired) electrons. The van der Waals surface area contributed by atoms with Crippen molar-refractivity contribution >= 4 is 12.4 Å². The molecule has 2 nitrogen and oxygen atoms in total. The van der Waals surface area contributed by atoms with Crippen LogP contribution in [0.3, 0.4) is 0 Å². The third kappa shape index (κ3) is 2.08. The molecule has 0 aliphatic carbocycles. The first-order valence-electron chi connectivity index (χ1n) is 2.78. The lowest BCUT2D eigenvalue weighted by Crippen LogP contribution is -2.29. The molecular formula is C5H12ClFN2. The topological polar surface area (TPSA) is 29.3 Å². The fraction of sp³-hybridized carbons (Fsp3) is 1.00. The molecule has 56 valence electrons. The van der Waals surface area contributed by atoms with Crippen molar-refractivity contribution in [2.75, 3.05) is 20.1 Å². The highest BCUT2D eigenvalue weighted by Gasteiger charge is 2.26. The van der Waals surface area contributed by atoms with Crippen LogP contribution in [0.5, 0.6) is 0 Å². The molecule has 1 aliphatic heterocycles. The van der Waals surface area contributed by atoms with Gasteiger partial charge in [-0.15, -0.1) is 12.4 Å². The normalized spacial score (nSPS) is 36.3. The Morgan fingerprint density at radius 2 is 2.11 bits per heavy atom. The number of halogens is 2. The molecule has 0 unspecified atom stereocenters. The molecule has 0 bridgehead atoms. The molecule has 1 aliphatic rings. The quantitative estimate of drug-likeness (QED) is 0.533. The van der Waals surface area contributed by atoms with E-state index in [0.717, 1.165) is 0 Å². The predicted octanol–water partition coefficient (Wildman–Crippen LogP) is 0.0190. The van der Waals surface area contributed by atoms with E-state index in [1.54, 1.807) is 0 Å². The Bertz CT molecular complexity index is 81.0. The van der Waals surface area contributed by atoms with E-state index >= 15 is 0 Å². The van der Waals surface area contributed by atoms with E-state index in [9.17, 15) is 4.39 Å². The summed E-state index contributed by atoms with van der Waals surface area (Å²) in [7, 11) is 1.87. The van der Waals surface area contributed by atoms with Crippen LogP contribution in [-0.2, 0) is 0 Å². The van der Waals surface area contributed by atoms with Crippen molar-refractivity contribution in [2.24, 2.45) is 5.73 Å². The van der Waals surface area contributed by atoms with E-state index in [-0.39, 0.29) is 18.4 Å². The van der Waals surface area contributed by atoms with Crippen molar-refractivity contribution in [1.29, 1.82) is 0 Å². The van der Waals surface area contributed by atoms with Crippen LogP contribution in [-0.4, -0.2) is 37.3 Å². The van der Waals surface area contributed by atoms with Gasteiger partial charge >= 0.3 is 0 Å². The summed E-state index contributed by atoms with van der Waals surface area (Å²) in [6.45, 7) is 1.20. The first-order chi connectivity index (χ1) is 3.70. The highest BCUT2D eigenvalue weighted by Crippen LogP contribution is 2.07. The number of alkyl halides is 1. The number of hydrogen-bond donors (Lipinski definition) is 1. The molecule has 0 spiro atoms. The summed E-state index contributed by atoms with van der Waals surface area (Å²) in [6.07, 6.45) is -0.806. The summed E-state index contributed by atoms with van der Waals surface area (Å²) in [6, 6.07) is -0.250. The molecule has 4 heteroatoms. The van der Waals surface area contributed by atoms with Gasteiger partial charge in [0.25, 0.3) is 0 Å². The van der Waals surface area contributed by atoms with Crippen LogP contribution in [0, 0.1) is 0 Å². The Morgan fingerprint density at radius 1 is 1.56 bits per heavy atom. The maximum atomic E-state index is 12.4. The van der Waals surface area contributed by atoms with Crippen molar-refractivity contribution in [3.05, 3.63) is 0 Å². The van der Waals surface area contributed by atoms with E-state index in [4.69, 9.17) is 5.73 Å². The Kier molecular flexibility index (Phi) is 3.40. The fourth-order valence-corrected chi connectivity index (χ4v) is 0.982. The zero-order chi connectivity index (χ0) is 6.15. The summed E-state index contributed by atoms with van der Waals surface area (Å²) < 4.78 is 12.4. The minimum atomic E-state index is -0.806. The van der Waals surface area contributed by atoms with Gasteiger partial charge in [-0.1, -0.05) is 0 Å². The van der Waals surface area contributed by atoms with Gasteiger partial charge in [0.1, 0.15) is 6.17 Å². The van der Waals surface area contributed by atoms with Gasteiger partial charge in [-0.05, 0) is 7.05 Å². The van der Waals surface area contributed by atoms with Crippen LogP contribution in [0.15, 0.2) is 0 Å².